The number of nitrogens with zero attached hydrogens (tertiary/aromatic N) is 4. The Morgan fingerprint density at radius 2 is 0.922 bits per heavy atom. The van der Waals surface area contributed by atoms with E-state index in [0.29, 0.717) is 62.7 Å². The molecule has 0 saturated carbocycles. The van der Waals surface area contributed by atoms with Gasteiger partial charge >= 0.3 is 11.9 Å². The number of thioether (sulfide) groups is 3. The van der Waals surface area contributed by atoms with Gasteiger partial charge in [0.2, 0.25) is 53.2 Å². The van der Waals surface area contributed by atoms with Crippen LogP contribution in [-0.4, -0.2) is 215 Å². The first-order chi connectivity index (χ1) is 36.2. The highest BCUT2D eigenvalue weighted by Crippen LogP contribution is 2.28. The third-order valence-corrected chi connectivity index (χ3v) is 18.5. The van der Waals surface area contributed by atoms with Gasteiger partial charge in [-0.15, -0.1) is 35.3 Å². The van der Waals surface area contributed by atoms with Crippen molar-refractivity contribution in [1.29, 1.82) is 0 Å². The summed E-state index contributed by atoms with van der Waals surface area (Å²) in [6.45, 7) is 17.0. The second kappa shape index (κ2) is 30.5. The fraction of sp³-hybridized carbons (Fsp3) is 0.784. The quantitative estimate of drug-likeness (QED) is 0.0532. The van der Waals surface area contributed by atoms with Gasteiger partial charge in [0.15, 0.2) is 0 Å². The van der Waals surface area contributed by atoms with E-state index in [0.717, 1.165) is 32.1 Å². The molecule has 0 aromatic carbocycles. The topological polar surface area (TPSA) is 327 Å². The van der Waals surface area contributed by atoms with Crippen molar-refractivity contribution < 1.29 is 63.0 Å². The van der Waals surface area contributed by atoms with Crippen LogP contribution in [-0.2, 0) is 52.7 Å². The fourth-order valence-electron chi connectivity index (χ4n) is 9.92. The first-order valence-electron chi connectivity index (χ1n) is 27.0. The predicted octanol–water partition coefficient (Wildman–Crippen LogP) is 0.609. The van der Waals surface area contributed by atoms with Gasteiger partial charge in [-0.25, -0.2) is 4.79 Å². The number of carbonyl (C=O) groups excluding carboxylic acids is 9. The summed E-state index contributed by atoms with van der Waals surface area (Å²) in [7, 11) is 0. The summed E-state index contributed by atoms with van der Waals surface area (Å²) in [5, 5.41) is 30.5. The van der Waals surface area contributed by atoms with E-state index >= 15 is 0 Å². The number of hydrogen-bond donors (Lipinski definition) is 8. The molecule has 77 heavy (non-hydrogen) atoms. The molecule has 0 aliphatic carbocycles. The molecule has 9 N–H and O–H groups in total. The second-order valence-electron chi connectivity index (χ2n) is 21.3. The summed E-state index contributed by atoms with van der Waals surface area (Å²) in [6, 6.07) is -6.40. The molecule has 0 aromatic heterocycles. The van der Waals surface area contributed by atoms with Crippen LogP contribution in [0.2, 0.25) is 0 Å². The molecule has 12 atom stereocenters. The zero-order chi connectivity index (χ0) is 57.4. The first-order valence-corrected chi connectivity index (χ1v) is 30.1. The van der Waals surface area contributed by atoms with E-state index in [2.05, 4.69) is 26.6 Å². The van der Waals surface area contributed by atoms with Gasteiger partial charge in [0.05, 0.1) is 34.8 Å². The highest BCUT2D eigenvalue weighted by Gasteiger charge is 2.41. The van der Waals surface area contributed by atoms with Gasteiger partial charge < -0.3 is 62.1 Å². The van der Waals surface area contributed by atoms with E-state index in [1.807, 2.05) is 0 Å². The molecule has 4 saturated heterocycles. The lowest BCUT2D eigenvalue weighted by Gasteiger charge is -2.32. The normalized spacial score (nSPS) is 22.6. The van der Waals surface area contributed by atoms with E-state index in [4.69, 9.17) is 10.8 Å². The minimum Gasteiger partial charge on any atom is -0.481 e. The van der Waals surface area contributed by atoms with Crippen LogP contribution in [0.15, 0.2) is 0 Å². The van der Waals surface area contributed by atoms with Crippen molar-refractivity contribution in [2.24, 2.45) is 17.6 Å². The summed E-state index contributed by atoms with van der Waals surface area (Å²) in [5.74, 6) is -5.15. The van der Waals surface area contributed by atoms with Crippen LogP contribution >= 0.6 is 35.3 Å². The van der Waals surface area contributed by atoms with E-state index in [1.54, 1.807) is 70.1 Å². The van der Waals surface area contributed by atoms with Crippen LogP contribution in [0.4, 0.5) is 0 Å². The predicted molar refractivity (Wildman–Crippen MR) is 294 cm³/mol. The fourth-order valence-corrected chi connectivity index (χ4v) is 13.2. The molecule has 0 aromatic rings. The smallest absolute Gasteiger partial charge is 0.326 e. The number of amides is 9. The van der Waals surface area contributed by atoms with Crippen molar-refractivity contribution in [1.82, 2.24) is 46.2 Å². The van der Waals surface area contributed by atoms with E-state index in [9.17, 15) is 57.8 Å². The SMILES string of the molecule is CC(C)[C@H](NC(=O)[C@H](C)SC[C@@H]1CCCN1C(=O)CNC(=O)[C@H](C)SC[C@@H]1CCCN1C(=O)[C@H](C)NC(=O)[C@H](C)SC[C@@H]1CCCN1C(=O)[C@H](C)NC(=O)[C@H](N)CC(=O)O)C(=O)N1CCC[C@H]1C(=O)N[C@@H](C(=O)O)C(C)C. The second-order valence-corrected chi connectivity index (χ2v) is 25.5. The average molecular weight is 1140 g/mol. The molecule has 9 amide bonds. The summed E-state index contributed by atoms with van der Waals surface area (Å²) in [5.41, 5.74) is 5.65. The van der Waals surface area contributed by atoms with Crippen molar-refractivity contribution in [2.45, 2.75) is 190 Å². The van der Waals surface area contributed by atoms with E-state index < -0.39 is 88.1 Å². The van der Waals surface area contributed by atoms with Gasteiger partial charge in [0.25, 0.3) is 0 Å². The Balaban J connectivity index is 1.17. The van der Waals surface area contributed by atoms with Gasteiger partial charge in [-0.2, -0.15) is 0 Å². The van der Waals surface area contributed by atoms with Gasteiger partial charge in [0, 0.05) is 61.6 Å². The van der Waals surface area contributed by atoms with E-state index in [1.165, 1.54) is 47.1 Å². The molecule has 4 fully saturated rings. The van der Waals surface area contributed by atoms with E-state index in [-0.39, 0.29) is 71.9 Å². The molecule has 26 heteroatoms. The lowest BCUT2D eigenvalue weighted by atomic mass is 10.0. The van der Waals surface area contributed by atoms with Crippen LogP contribution in [0, 0.1) is 11.8 Å². The highest BCUT2D eigenvalue weighted by molar-refractivity contribution is 8.01. The van der Waals surface area contributed by atoms with Gasteiger partial charge in [-0.3, -0.25) is 47.9 Å². The molecule has 4 rings (SSSR count). The highest BCUT2D eigenvalue weighted by atomic mass is 32.2. The minimum absolute atomic E-state index is 0.161. The Morgan fingerprint density at radius 3 is 1.39 bits per heavy atom. The van der Waals surface area contributed by atoms with Gasteiger partial charge in [0.1, 0.15) is 30.2 Å². The molecular weight excluding hydrogens is 1060 g/mol. The summed E-state index contributed by atoms with van der Waals surface area (Å²) >= 11 is 4.10. The maximum Gasteiger partial charge on any atom is 0.326 e. The molecule has 434 valence electrons. The van der Waals surface area contributed by atoms with Crippen LogP contribution in [0.1, 0.15) is 120 Å². The average Bonchev–Trinajstić information content (AvgIpc) is 4.23. The number of rotatable bonds is 28. The number of carboxylic acids is 2. The Bertz CT molecular complexity index is 2140. The lowest BCUT2D eigenvalue weighted by molar-refractivity contribution is -0.146. The van der Waals surface area contributed by atoms with Crippen LogP contribution in [0.25, 0.3) is 0 Å². The molecule has 4 heterocycles. The molecular formula is C51H84N10O13S3. The summed E-state index contributed by atoms with van der Waals surface area (Å²) in [4.78, 5) is 149. The maximum atomic E-state index is 13.8. The van der Waals surface area contributed by atoms with Gasteiger partial charge in [-0.1, -0.05) is 27.7 Å². The Morgan fingerprint density at radius 1 is 0.506 bits per heavy atom. The van der Waals surface area contributed by atoms with Crippen molar-refractivity contribution in [3.8, 4) is 0 Å². The van der Waals surface area contributed by atoms with Crippen molar-refractivity contribution in [3.63, 3.8) is 0 Å². The largest absolute Gasteiger partial charge is 0.481 e. The lowest BCUT2D eigenvalue weighted by Crippen LogP contribution is -2.57. The Kier molecular flexibility index (Phi) is 25.6. The number of carboxylic acid groups (broad SMARTS) is 2. The van der Waals surface area contributed by atoms with Crippen molar-refractivity contribution in [2.75, 3.05) is 50.0 Å². The monoisotopic (exact) mass is 1140 g/mol. The Hall–Kier alpha value is -4.82. The molecule has 0 radical (unpaired) electrons. The number of likely N-dealkylation sites (tertiary alicyclic amines) is 4. The number of hydrogen-bond acceptors (Lipinski definition) is 15. The first kappa shape index (κ1) is 64.7. The number of nitrogens with one attached hydrogen (secondary N) is 5. The number of aliphatic carboxylic acids is 2. The molecule has 0 spiro atoms. The van der Waals surface area contributed by atoms with Crippen LogP contribution in [0.3, 0.4) is 0 Å². The third kappa shape index (κ3) is 18.6. The molecule has 0 bridgehead atoms. The summed E-state index contributed by atoms with van der Waals surface area (Å²) < 4.78 is 0. The Labute approximate surface area is 465 Å². The standard InChI is InChI=1S/C51H84N10O13S3/c1-27(2)41(50(72)61-21-13-17-38(61)47(69)57-42(28(3)4)51(73)74)56-45(67)33(9)76-24-34-14-10-18-58(34)39(62)23-53-43(65)31(7)75-25-35-15-11-19-59(35)48(70)29(5)54-44(66)32(8)77-26-36-16-12-20-60(36)49(71)30(6)55-46(68)37(52)22-40(63)64/h27-38,41-42H,10-26,52H2,1-9H3,(H,53,65)(H,54,66)(H,55,68)(H,56,67)(H,57,69)(H,63,64)(H,73,74)/t29-,30-,31-,32-,33-,34-,35-,36-,37+,38-,41-,42+/m0/s1. The molecule has 4 aliphatic rings. The molecule has 23 nitrogen and oxygen atoms in total. The number of carbonyl (C=O) groups is 11. The van der Waals surface area contributed by atoms with Crippen molar-refractivity contribution >= 4 is 100 Å². The zero-order valence-electron chi connectivity index (χ0n) is 46.1. The number of nitrogens with two attached hydrogens (primary N) is 1. The van der Waals surface area contributed by atoms with Crippen molar-refractivity contribution in [3.05, 3.63) is 0 Å². The zero-order valence-corrected chi connectivity index (χ0v) is 48.5. The third-order valence-electron chi connectivity index (χ3n) is 14.6. The minimum atomic E-state index is -1.29. The van der Waals surface area contributed by atoms with Crippen LogP contribution < -0.4 is 32.3 Å². The van der Waals surface area contributed by atoms with Crippen LogP contribution in [0.5, 0.6) is 0 Å². The molecule has 0 unspecified atom stereocenters. The summed E-state index contributed by atoms with van der Waals surface area (Å²) in [6.07, 6.45) is 4.80. The van der Waals surface area contributed by atoms with Gasteiger partial charge in [-0.05, 0) is 97.8 Å². The maximum absolute atomic E-state index is 13.8. The molecule has 4 aliphatic heterocycles.